The molecule has 2 atom stereocenters. The van der Waals surface area contributed by atoms with E-state index >= 15 is 0 Å². The molecule has 0 amide bonds. The summed E-state index contributed by atoms with van der Waals surface area (Å²) < 4.78 is 0. The molecule has 142 valence electrons. The molecule has 0 radical (unpaired) electrons. The first-order valence-corrected chi connectivity index (χ1v) is 11.1. The smallest absolute Gasteiger partial charge is 0.166 e. The fourth-order valence-corrected chi connectivity index (χ4v) is 4.22. The van der Waals surface area contributed by atoms with Crippen LogP contribution in [-0.2, 0) is 0 Å². The monoisotopic (exact) mass is 354 g/mol. The van der Waals surface area contributed by atoms with Crippen LogP contribution in [0.25, 0.3) is 0 Å². The summed E-state index contributed by atoms with van der Waals surface area (Å²) in [6.07, 6.45) is 17.9. The zero-order chi connectivity index (χ0) is 17.6. The molecular formula is C21H42N2S. The highest BCUT2D eigenvalue weighted by Gasteiger charge is 2.27. The van der Waals surface area contributed by atoms with E-state index in [1.807, 2.05) is 0 Å². The van der Waals surface area contributed by atoms with Crippen LogP contribution >= 0.6 is 12.2 Å². The van der Waals surface area contributed by atoms with Gasteiger partial charge in [-0.25, -0.2) is 0 Å². The van der Waals surface area contributed by atoms with Gasteiger partial charge in [0.2, 0.25) is 0 Å². The minimum absolute atomic E-state index is 0.562. The Morgan fingerprint density at radius 1 is 0.833 bits per heavy atom. The summed E-state index contributed by atoms with van der Waals surface area (Å²) in [5, 5.41) is 7.86. The Morgan fingerprint density at radius 2 is 1.33 bits per heavy atom. The normalized spacial score (nSPS) is 23.9. The molecule has 0 aromatic carbocycles. The van der Waals surface area contributed by atoms with Gasteiger partial charge in [0.15, 0.2) is 5.11 Å². The van der Waals surface area contributed by atoms with Crippen molar-refractivity contribution in [3.63, 3.8) is 0 Å². The minimum Gasteiger partial charge on any atom is -0.363 e. The van der Waals surface area contributed by atoms with Gasteiger partial charge in [-0.1, -0.05) is 85.0 Å². The van der Waals surface area contributed by atoms with Crippen LogP contribution in [0.2, 0.25) is 0 Å². The zero-order valence-electron chi connectivity index (χ0n) is 16.5. The maximum atomic E-state index is 5.49. The molecule has 2 nitrogen and oxygen atoms in total. The molecule has 0 aromatic heterocycles. The summed E-state index contributed by atoms with van der Waals surface area (Å²) in [4.78, 5) is 0. The molecule has 0 bridgehead atoms. The van der Waals surface area contributed by atoms with Crippen LogP contribution in [-0.4, -0.2) is 17.7 Å². The van der Waals surface area contributed by atoms with Crippen molar-refractivity contribution in [3.8, 4) is 0 Å². The predicted octanol–water partition coefficient (Wildman–Crippen LogP) is 6.20. The molecule has 0 heterocycles. The third kappa shape index (κ3) is 9.86. The van der Waals surface area contributed by atoms with Gasteiger partial charge in [0.1, 0.15) is 0 Å². The number of hydrogen-bond acceptors (Lipinski definition) is 1. The van der Waals surface area contributed by atoms with Crippen molar-refractivity contribution in [3.05, 3.63) is 0 Å². The minimum atomic E-state index is 0.562. The molecule has 1 aliphatic carbocycles. The molecule has 0 aromatic rings. The summed E-state index contributed by atoms with van der Waals surface area (Å²) in [5.41, 5.74) is 0. The molecule has 24 heavy (non-hydrogen) atoms. The van der Waals surface area contributed by atoms with Gasteiger partial charge < -0.3 is 10.6 Å². The van der Waals surface area contributed by atoms with Crippen molar-refractivity contribution >= 4 is 17.3 Å². The topological polar surface area (TPSA) is 24.1 Å². The molecule has 0 aliphatic heterocycles. The number of rotatable bonds is 12. The Labute approximate surface area is 156 Å². The number of unbranched alkanes of at least 4 members (excludes halogenated alkanes) is 9. The van der Waals surface area contributed by atoms with Crippen molar-refractivity contribution < 1.29 is 0 Å². The fourth-order valence-electron chi connectivity index (χ4n) is 3.98. The van der Waals surface area contributed by atoms with E-state index in [-0.39, 0.29) is 0 Å². The Bertz CT molecular complexity index is 309. The summed E-state index contributed by atoms with van der Waals surface area (Å²) in [7, 11) is 0. The summed E-state index contributed by atoms with van der Waals surface area (Å²) in [6, 6.07) is 0.562. The van der Waals surface area contributed by atoms with Crippen LogP contribution in [0, 0.1) is 11.8 Å². The van der Waals surface area contributed by atoms with Gasteiger partial charge >= 0.3 is 0 Å². The predicted molar refractivity (Wildman–Crippen MR) is 112 cm³/mol. The average molecular weight is 355 g/mol. The first kappa shape index (κ1) is 21.7. The van der Waals surface area contributed by atoms with Crippen molar-refractivity contribution in [2.24, 2.45) is 11.8 Å². The lowest BCUT2D eigenvalue weighted by molar-refractivity contribution is 0.231. The van der Waals surface area contributed by atoms with Crippen molar-refractivity contribution in [2.45, 2.75) is 110 Å². The Balaban J connectivity index is 1.92. The van der Waals surface area contributed by atoms with Crippen LogP contribution in [0.15, 0.2) is 0 Å². The van der Waals surface area contributed by atoms with Gasteiger partial charge in [-0.3, -0.25) is 0 Å². The molecule has 3 heteroatoms. The highest BCUT2D eigenvalue weighted by molar-refractivity contribution is 7.80. The number of thiocarbonyl (C=S) groups is 1. The lowest BCUT2D eigenvalue weighted by Crippen LogP contribution is -2.49. The molecule has 0 spiro atoms. The molecule has 1 saturated carbocycles. The second-order valence-electron chi connectivity index (χ2n) is 7.99. The van der Waals surface area contributed by atoms with Crippen LogP contribution in [0.1, 0.15) is 104 Å². The van der Waals surface area contributed by atoms with Gasteiger partial charge in [-0.2, -0.15) is 0 Å². The molecule has 2 unspecified atom stereocenters. The van der Waals surface area contributed by atoms with E-state index in [0.717, 1.165) is 23.5 Å². The summed E-state index contributed by atoms with van der Waals surface area (Å²) >= 11 is 5.49. The van der Waals surface area contributed by atoms with Crippen molar-refractivity contribution in [1.82, 2.24) is 10.6 Å². The second kappa shape index (κ2) is 13.9. The van der Waals surface area contributed by atoms with Crippen LogP contribution < -0.4 is 10.6 Å². The number of nitrogens with one attached hydrogen (secondary N) is 2. The van der Waals surface area contributed by atoms with E-state index in [1.54, 1.807) is 0 Å². The summed E-state index contributed by atoms with van der Waals surface area (Å²) in [5.74, 6) is 1.48. The average Bonchev–Trinajstić information content (AvgIpc) is 2.56. The van der Waals surface area contributed by atoms with Gasteiger partial charge in [0.05, 0.1) is 0 Å². The zero-order valence-corrected chi connectivity index (χ0v) is 17.4. The Morgan fingerprint density at radius 3 is 1.88 bits per heavy atom. The first-order chi connectivity index (χ1) is 11.6. The van der Waals surface area contributed by atoms with Gasteiger partial charge in [0, 0.05) is 12.6 Å². The molecular weight excluding hydrogens is 312 g/mol. The quantitative estimate of drug-likeness (QED) is 0.322. The SMILES string of the molecule is CCCCCCCCCCCCNC(=S)NC1C(C)CCCC1C. The second-order valence-corrected chi connectivity index (χ2v) is 8.40. The standard InChI is InChI=1S/C21H42N2S/c1-4-5-6-7-8-9-10-11-12-13-17-22-21(24)23-20-18(2)15-14-16-19(20)3/h18-20H,4-17H2,1-3H3,(H2,22,23,24). The van der Waals surface area contributed by atoms with E-state index in [1.165, 1.54) is 83.5 Å². The molecule has 1 fully saturated rings. The van der Waals surface area contributed by atoms with E-state index < -0.39 is 0 Å². The highest BCUT2D eigenvalue weighted by atomic mass is 32.1. The maximum absolute atomic E-state index is 5.49. The van der Waals surface area contributed by atoms with Crippen LogP contribution in [0.3, 0.4) is 0 Å². The molecule has 1 rings (SSSR count). The van der Waals surface area contributed by atoms with Gasteiger partial charge in [0.25, 0.3) is 0 Å². The van der Waals surface area contributed by atoms with Crippen molar-refractivity contribution in [1.29, 1.82) is 0 Å². The third-order valence-electron chi connectivity index (χ3n) is 5.66. The molecule has 1 aliphatic rings. The van der Waals surface area contributed by atoms with Crippen LogP contribution in [0.4, 0.5) is 0 Å². The van der Waals surface area contributed by atoms with Gasteiger partial charge in [-0.05, 0) is 43.3 Å². The molecule has 0 saturated heterocycles. The van der Waals surface area contributed by atoms with E-state index in [4.69, 9.17) is 12.2 Å². The fraction of sp³-hybridized carbons (Fsp3) is 0.952. The molecule has 2 N–H and O–H groups in total. The lowest BCUT2D eigenvalue weighted by atomic mass is 9.79. The largest absolute Gasteiger partial charge is 0.363 e. The lowest BCUT2D eigenvalue weighted by Gasteiger charge is -2.36. The summed E-state index contributed by atoms with van der Waals surface area (Å²) in [6.45, 7) is 8.03. The van der Waals surface area contributed by atoms with Crippen LogP contribution in [0.5, 0.6) is 0 Å². The first-order valence-electron chi connectivity index (χ1n) is 10.7. The van der Waals surface area contributed by atoms with Gasteiger partial charge in [-0.15, -0.1) is 0 Å². The third-order valence-corrected chi connectivity index (χ3v) is 5.92. The van der Waals surface area contributed by atoms with E-state index in [2.05, 4.69) is 31.4 Å². The Hall–Kier alpha value is -0.310. The maximum Gasteiger partial charge on any atom is 0.166 e. The van der Waals surface area contributed by atoms with E-state index in [9.17, 15) is 0 Å². The van der Waals surface area contributed by atoms with Crippen molar-refractivity contribution in [2.75, 3.05) is 6.54 Å². The number of hydrogen-bond donors (Lipinski definition) is 2. The van der Waals surface area contributed by atoms with E-state index in [0.29, 0.717) is 6.04 Å². The Kier molecular flexibility index (Phi) is 12.6. The highest BCUT2D eigenvalue weighted by Crippen LogP contribution is 2.28.